The summed E-state index contributed by atoms with van der Waals surface area (Å²) in [5.41, 5.74) is 1.10. The molecule has 1 amide bonds. The van der Waals surface area contributed by atoms with Crippen LogP contribution < -0.4 is 0 Å². The van der Waals surface area contributed by atoms with E-state index in [9.17, 15) is 9.18 Å². The fourth-order valence-electron chi connectivity index (χ4n) is 3.84. The first-order valence-electron chi connectivity index (χ1n) is 8.10. The van der Waals surface area contributed by atoms with Crippen molar-refractivity contribution in [2.45, 2.75) is 51.0 Å². The summed E-state index contributed by atoms with van der Waals surface area (Å²) in [6.07, 6.45) is 5.81. The third kappa shape index (κ3) is 2.97. The van der Waals surface area contributed by atoms with E-state index >= 15 is 0 Å². The van der Waals surface area contributed by atoms with Gasteiger partial charge in [0.05, 0.1) is 0 Å². The second-order valence-corrected chi connectivity index (χ2v) is 6.78. The Labute approximate surface area is 126 Å². The molecule has 3 rings (SSSR count). The Hall–Kier alpha value is -1.38. The zero-order chi connectivity index (χ0) is 15.0. The van der Waals surface area contributed by atoms with Gasteiger partial charge in [-0.15, -0.1) is 0 Å². The summed E-state index contributed by atoms with van der Waals surface area (Å²) in [4.78, 5) is 14.7. The molecule has 0 aromatic heterocycles. The van der Waals surface area contributed by atoms with Crippen LogP contribution in [0.15, 0.2) is 24.3 Å². The molecule has 0 radical (unpaired) electrons. The van der Waals surface area contributed by atoms with E-state index in [1.54, 1.807) is 0 Å². The average molecular weight is 289 g/mol. The molecule has 4 unspecified atom stereocenters. The fraction of sp³-hybridized carbons (Fsp3) is 0.611. The van der Waals surface area contributed by atoms with Crippen LogP contribution in [0.1, 0.15) is 50.5 Å². The molecule has 114 valence electrons. The van der Waals surface area contributed by atoms with Gasteiger partial charge in [0.2, 0.25) is 5.91 Å². The predicted molar refractivity (Wildman–Crippen MR) is 81.4 cm³/mol. The van der Waals surface area contributed by atoms with Crippen molar-refractivity contribution in [3.05, 3.63) is 35.6 Å². The molecule has 2 fully saturated rings. The average Bonchev–Trinajstić information content (AvgIpc) is 3.27. The molecule has 0 bridgehead atoms. The summed E-state index contributed by atoms with van der Waals surface area (Å²) in [6.45, 7) is 2.26. The van der Waals surface area contributed by atoms with Gasteiger partial charge in [-0.1, -0.05) is 31.9 Å². The number of halogens is 1. The zero-order valence-electron chi connectivity index (χ0n) is 12.9. The normalized spacial score (nSPS) is 31.8. The summed E-state index contributed by atoms with van der Waals surface area (Å²) in [5.74, 6) is 1.07. The van der Waals surface area contributed by atoms with Crippen LogP contribution in [0, 0.1) is 17.7 Å². The number of hydrogen-bond donors (Lipinski definition) is 0. The second kappa shape index (κ2) is 5.78. The van der Waals surface area contributed by atoms with Crippen LogP contribution in [0.2, 0.25) is 0 Å². The molecule has 2 nitrogen and oxygen atoms in total. The summed E-state index contributed by atoms with van der Waals surface area (Å²) >= 11 is 0. The lowest BCUT2D eigenvalue weighted by molar-refractivity contribution is -0.135. The van der Waals surface area contributed by atoms with Crippen molar-refractivity contribution in [2.24, 2.45) is 11.8 Å². The number of hydrogen-bond acceptors (Lipinski definition) is 1. The van der Waals surface area contributed by atoms with Gasteiger partial charge in [-0.3, -0.25) is 4.79 Å². The SMILES string of the molecule is CC1CCCCC1N(C)C(=O)C1CC1c1ccc(F)cc1. The first kappa shape index (κ1) is 14.6. The molecule has 0 heterocycles. The van der Waals surface area contributed by atoms with E-state index in [2.05, 4.69) is 6.92 Å². The van der Waals surface area contributed by atoms with Crippen molar-refractivity contribution in [1.29, 1.82) is 0 Å². The van der Waals surface area contributed by atoms with Crippen LogP contribution >= 0.6 is 0 Å². The van der Waals surface area contributed by atoms with Crippen LogP contribution in [0.3, 0.4) is 0 Å². The Morgan fingerprint density at radius 2 is 1.86 bits per heavy atom. The van der Waals surface area contributed by atoms with E-state index in [-0.39, 0.29) is 17.6 Å². The maximum Gasteiger partial charge on any atom is 0.226 e. The van der Waals surface area contributed by atoms with E-state index in [0.717, 1.165) is 18.4 Å². The molecule has 0 aliphatic heterocycles. The number of nitrogens with zero attached hydrogens (tertiary/aromatic N) is 1. The molecule has 3 heteroatoms. The van der Waals surface area contributed by atoms with Crippen molar-refractivity contribution >= 4 is 5.91 Å². The van der Waals surface area contributed by atoms with Crippen LogP contribution in [0.4, 0.5) is 4.39 Å². The first-order chi connectivity index (χ1) is 10.1. The van der Waals surface area contributed by atoms with Gasteiger partial charge in [-0.05, 0) is 48.8 Å². The Kier molecular flexibility index (Phi) is 4.01. The molecule has 4 atom stereocenters. The monoisotopic (exact) mass is 289 g/mol. The van der Waals surface area contributed by atoms with Crippen molar-refractivity contribution < 1.29 is 9.18 Å². The van der Waals surface area contributed by atoms with Gasteiger partial charge in [-0.25, -0.2) is 4.39 Å². The topological polar surface area (TPSA) is 20.3 Å². The molecule has 2 aliphatic carbocycles. The van der Waals surface area contributed by atoms with Crippen molar-refractivity contribution in [3.8, 4) is 0 Å². The lowest BCUT2D eigenvalue weighted by Crippen LogP contribution is -2.43. The van der Waals surface area contributed by atoms with Crippen molar-refractivity contribution in [3.63, 3.8) is 0 Å². The van der Waals surface area contributed by atoms with E-state index in [1.807, 2.05) is 24.1 Å². The summed E-state index contributed by atoms with van der Waals surface area (Å²) in [6, 6.07) is 7.01. The molecule has 0 N–H and O–H groups in total. The van der Waals surface area contributed by atoms with E-state index in [1.165, 1.54) is 31.4 Å². The number of benzene rings is 1. The van der Waals surface area contributed by atoms with Gasteiger partial charge in [0.25, 0.3) is 0 Å². The van der Waals surface area contributed by atoms with Gasteiger partial charge in [0.15, 0.2) is 0 Å². The Bertz CT molecular complexity index is 512. The minimum absolute atomic E-state index is 0.106. The Morgan fingerprint density at radius 1 is 1.19 bits per heavy atom. The van der Waals surface area contributed by atoms with Gasteiger partial charge in [0, 0.05) is 19.0 Å². The molecular formula is C18H24FNO. The minimum atomic E-state index is -0.213. The Morgan fingerprint density at radius 3 is 2.52 bits per heavy atom. The lowest BCUT2D eigenvalue weighted by atomic mass is 9.85. The highest BCUT2D eigenvalue weighted by Crippen LogP contribution is 2.49. The number of carbonyl (C=O) groups excluding carboxylic acids is 1. The minimum Gasteiger partial charge on any atom is -0.342 e. The van der Waals surface area contributed by atoms with Gasteiger partial charge < -0.3 is 4.90 Å². The van der Waals surface area contributed by atoms with E-state index < -0.39 is 0 Å². The number of carbonyl (C=O) groups is 1. The zero-order valence-corrected chi connectivity index (χ0v) is 12.9. The molecule has 2 aliphatic rings. The molecule has 0 saturated heterocycles. The second-order valence-electron chi connectivity index (χ2n) is 6.78. The molecule has 1 aromatic carbocycles. The third-order valence-corrected chi connectivity index (χ3v) is 5.32. The van der Waals surface area contributed by atoms with Gasteiger partial charge in [0.1, 0.15) is 5.82 Å². The smallest absolute Gasteiger partial charge is 0.226 e. The fourth-order valence-corrected chi connectivity index (χ4v) is 3.84. The third-order valence-electron chi connectivity index (χ3n) is 5.32. The maximum absolute atomic E-state index is 13.0. The van der Waals surface area contributed by atoms with Crippen LogP contribution in [-0.4, -0.2) is 23.9 Å². The Balaban J connectivity index is 1.63. The highest BCUT2D eigenvalue weighted by Gasteiger charge is 2.46. The van der Waals surface area contributed by atoms with Crippen molar-refractivity contribution in [2.75, 3.05) is 7.05 Å². The highest BCUT2D eigenvalue weighted by molar-refractivity contribution is 5.83. The van der Waals surface area contributed by atoms with Crippen LogP contribution in [-0.2, 0) is 4.79 Å². The predicted octanol–water partition coefficient (Wildman–Crippen LogP) is 3.97. The van der Waals surface area contributed by atoms with E-state index in [0.29, 0.717) is 17.9 Å². The summed E-state index contributed by atoms with van der Waals surface area (Å²) in [5, 5.41) is 0. The molecule has 2 saturated carbocycles. The number of rotatable bonds is 3. The maximum atomic E-state index is 13.0. The van der Waals surface area contributed by atoms with E-state index in [4.69, 9.17) is 0 Å². The molecule has 21 heavy (non-hydrogen) atoms. The summed E-state index contributed by atoms with van der Waals surface area (Å²) in [7, 11) is 1.97. The standard InChI is InChI=1S/C18H24FNO/c1-12-5-3-4-6-17(12)20(2)18(21)16-11-15(16)13-7-9-14(19)10-8-13/h7-10,12,15-17H,3-6,11H2,1-2H3. The molecule has 0 spiro atoms. The van der Waals surface area contributed by atoms with Gasteiger partial charge in [-0.2, -0.15) is 0 Å². The molecular weight excluding hydrogens is 265 g/mol. The number of amides is 1. The van der Waals surface area contributed by atoms with Crippen LogP contribution in [0.5, 0.6) is 0 Å². The first-order valence-corrected chi connectivity index (χ1v) is 8.10. The van der Waals surface area contributed by atoms with Gasteiger partial charge >= 0.3 is 0 Å². The molecule has 1 aromatic rings. The van der Waals surface area contributed by atoms with Crippen LogP contribution in [0.25, 0.3) is 0 Å². The quantitative estimate of drug-likeness (QED) is 0.824. The summed E-state index contributed by atoms with van der Waals surface area (Å²) < 4.78 is 13.0. The lowest BCUT2D eigenvalue weighted by Gasteiger charge is -2.36. The van der Waals surface area contributed by atoms with Crippen molar-refractivity contribution in [1.82, 2.24) is 4.90 Å². The highest BCUT2D eigenvalue weighted by atomic mass is 19.1. The largest absolute Gasteiger partial charge is 0.342 e.